The maximum atomic E-state index is 12.8. The molecule has 0 aliphatic carbocycles. The van der Waals surface area contributed by atoms with Crippen LogP contribution < -0.4 is 0 Å². The summed E-state index contributed by atoms with van der Waals surface area (Å²) >= 11 is 5.82. The molecule has 3 nitrogen and oxygen atoms in total. The molecule has 0 N–H and O–H groups in total. The molecule has 0 spiro atoms. The number of hydrogen-bond acceptors (Lipinski definition) is 2. The molecule has 4 heteroatoms. The summed E-state index contributed by atoms with van der Waals surface area (Å²) in [4.78, 5) is 19.1. The molecule has 1 amide bonds. The van der Waals surface area contributed by atoms with Crippen molar-refractivity contribution in [2.45, 2.75) is 26.8 Å². The maximum Gasteiger partial charge on any atom is 0.254 e. The van der Waals surface area contributed by atoms with Crippen LogP contribution in [0.25, 0.3) is 10.9 Å². The number of aromatic nitrogens is 1. The zero-order chi connectivity index (χ0) is 14.7. The van der Waals surface area contributed by atoms with Gasteiger partial charge in [-0.3, -0.25) is 9.78 Å². The lowest BCUT2D eigenvalue weighted by atomic mass is 10.1. The first-order chi connectivity index (χ1) is 9.54. The third-order valence-electron chi connectivity index (χ3n) is 3.28. The minimum absolute atomic E-state index is 0.0161. The van der Waals surface area contributed by atoms with E-state index in [-0.39, 0.29) is 11.9 Å². The van der Waals surface area contributed by atoms with Crippen LogP contribution in [0, 0.1) is 6.92 Å². The number of amides is 1. The van der Waals surface area contributed by atoms with Gasteiger partial charge in [-0.15, -0.1) is 11.6 Å². The van der Waals surface area contributed by atoms with Crippen LogP contribution in [0.3, 0.4) is 0 Å². The second kappa shape index (κ2) is 6.23. The predicted molar refractivity (Wildman–Crippen MR) is 83.4 cm³/mol. The number of para-hydroxylation sites is 1. The number of alkyl halides is 1. The van der Waals surface area contributed by atoms with Crippen LogP contribution >= 0.6 is 11.6 Å². The number of aryl methyl sites for hydroxylation is 1. The molecule has 0 atom stereocenters. The molecule has 0 bridgehead atoms. The van der Waals surface area contributed by atoms with Gasteiger partial charge >= 0.3 is 0 Å². The quantitative estimate of drug-likeness (QED) is 0.806. The van der Waals surface area contributed by atoms with Crippen molar-refractivity contribution in [2.24, 2.45) is 0 Å². The molecular formula is C16H19ClN2O. The summed E-state index contributed by atoms with van der Waals surface area (Å²) in [7, 11) is 0. The lowest BCUT2D eigenvalue weighted by Gasteiger charge is -2.26. The van der Waals surface area contributed by atoms with E-state index in [0.717, 1.165) is 16.6 Å². The lowest BCUT2D eigenvalue weighted by Crippen LogP contribution is -2.38. The molecule has 20 heavy (non-hydrogen) atoms. The van der Waals surface area contributed by atoms with E-state index in [2.05, 4.69) is 4.98 Å². The lowest BCUT2D eigenvalue weighted by molar-refractivity contribution is 0.0720. The fourth-order valence-electron chi connectivity index (χ4n) is 2.32. The van der Waals surface area contributed by atoms with E-state index in [1.807, 2.05) is 51.1 Å². The summed E-state index contributed by atoms with van der Waals surface area (Å²) in [6, 6.07) is 9.70. The number of hydrogen-bond donors (Lipinski definition) is 0. The van der Waals surface area contributed by atoms with E-state index in [1.165, 1.54) is 0 Å². The number of carbonyl (C=O) groups is 1. The van der Waals surface area contributed by atoms with Gasteiger partial charge in [-0.2, -0.15) is 0 Å². The van der Waals surface area contributed by atoms with Gasteiger partial charge in [0.2, 0.25) is 0 Å². The molecule has 1 heterocycles. The molecule has 106 valence electrons. The van der Waals surface area contributed by atoms with Crippen LogP contribution in [-0.2, 0) is 0 Å². The largest absolute Gasteiger partial charge is 0.335 e. The minimum Gasteiger partial charge on any atom is -0.335 e. The second-order valence-corrected chi connectivity index (χ2v) is 5.49. The average molecular weight is 291 g/mol. The number of halogens is 1. The van der Waals surface area contributed by atoms with E-state index in [4.69, 9.17) is 11.6 Å². The molecule has 0 fully saturated rings. The Morgan fingerprint density at radius 1 is 1.35 bits per heavy atom. The smallest absolute Gasteiger partial charge is 0.254 e. The monoisotopic (exact) mass is 290 g/mol. The number of nitrogens with zero attached hydrogens (tertiary/aromatic N) is 2. The number of carbonyl (C=O) groups excluding carboxylic acids is 1. The highest BCUT2D eigenvalue weighted by molar-refractivity contribution is 6.18. The molecule has 0 saturated carbocycles. The minimum atomic E-state index is 0.0161. The Balaban J connectivity index is 2.53. The molecule has 2 aromatic rings. The van der Waals surface area contributed by atoms with Gasteiger partial charge in [0.05, 0.1) is 11.1 Å². The van der Waals surface area contributed by atoms with E-state index < -0.39 is 0 Å². The van der Waals surface area contributed by atoms with Crippen LogP contribution in [0.15, 0.2) is 30.3 Å². The summed E-state index contributed by atoms with van der Waals surface area (Å²) in [6.45, 7) is 6.46. The van der Waals surface area contributed by atoms with Crippen LogP contribution in [0.4, 0.5) is 0 Å². The highest BCUT2D eigenvalue weighted by Gasteiger charge is 2.20. The third-order valence-corrected chi connectivity index (χ3v) is 3.45. The summed E-state index contributed by atoms with van der Waals surface area (Å²) in [5.74, 6) is 0.452. The molecular weight excluding hydrogens is 272 g/mol. The Morgan fingerprint density at radius 2 is 2.05 bits per heavy atom. The first-order valence-corrected chi connectivity index (χ1v) is 7.31. The summed E-state index contributed by atoms with van der Waals surface area (Å²) in [5.41, 5.74) is 2.40. The Bertz CT molecular complexity index is 625. The van der Waals surface area contributed by atoms with Gasteiger partial charge in [0, 0.05) is 29.5 Å². The standard InChI is InChI=1S/C16H19ClN2O/c1-11(2)19(9-8-17)16(20)14-10-12(3)18-15-7-5-4-6-13(14)15/h4-7,10-11H,8-9H2,1-3H3. The molecule has 0 unspecified atom stereocenters. The first-order valence-electron chi connectivity index (χ1n) is 6.78. The number of benzene rings is 1. The van der Waals surface area contributed by atoms with Crippen molar-refractivity contribution in [3.05, 3.63) is 41.6 Å². The van der Waals surface area contributed by atoms with Gasteiger partial charge in [0.15, 0.2) is 0 Å². The van der Waals surface area contributed by atoms with Crippen molar-refractivity contribution < 1.29 is 4.79 Å². The van der Waals surface area contributed by atoms with Crippen molar-refractivity contribution in [2.75, 3.05) is 12.4 Å². The summed E-state index contributed by atoms with van der Waals surface area (Å²) in [5, 5.41) is 0.892. The van der Waals surface area contributed by atoms with E-state index in [9.17, 15) is 4.79 Å². The molecule has 0 radical (unpaired) electrons. The fourth-order valence-corrected chi connectivity index (χ4v) is 2.51. The molecule has 0 saturated heterocycles. The van der Waals surface area contributed by atoms with Gasteiger partial charge in [0.25, 0.3) is 5.91 Å². The van der Waals surface area contributed by atoms with Crippen LogP contribution in [0.5, 0.6) is 0 Å². The highest BCUT2D eigenvalue weighted by Crippen LogP contribution is 2.20. The van der Waals surface area contributed by atoms with Crippen LogP contribution in [-0.4, -0.2) is 34.3 Å². The van der Waals surface area contributed by atoms with Crippen molar-refractivity contribution in [1.29, 1.82) is 0 Å². The van der Waals surface area contributed by atoms with Gasteiger partial charge < -0.3 is 4.90 Å². The number of rotatable bonds is 4. The molecule has 1 aromatic carbocycles. The maximum absolute atomic E-state index is 12.8. The van der Waals surface area contributed by atoms with Gasteiger partial charge in [-0.25, -0.2) is 0 Å². The van der Waals surface area contributed by atoms with Crippen molar-refractivity contribution in [3.8, 4) is 0 Å². The zero-order valence-corrected chi connectivity index (χ0v) is 12.8. The normalized spacial score (nSPS) is 11.1. The second-order valence-electron chi connectivity index (χ2n) is 5.11. The Labute approximate surface area is 124 Å². The molecule has 0 aliphatic rings. The van der Waals surface area contributed by atoms with Crippen molar-refractivity contribution in [3.63, 3.8) is 0 Å². The molecule has 2 rings (SSSR count). The van der Waals surface area contributed by atoms with E-state index in [0.29, 0.717) is 18.0 Å². The van der Waals surface area contributed by atoms with E-state index in [1.54, 1.807) is 4.90 Å². The molecule has 1 aromatic heterocycles. The van der Waals surface area contributed by atoms with Gasteiger partial charge in [-0.05, 0) is 32.9 Å². The first kappa shape index (κ1) is 14.8. The Hall–Kier alpha value is -1.61. The number of pyridine rings is 1. The molecule has 0 aliphatic heterocycles. The van der Waals surface area contributed by atoms with Gasteiger partial charge in [0.1, 0.15) is 0 Å². The Morgan fingerprint density at radius 3 is 2.70 bits per heavy atom. The van der Waals surface area contributed by atoms with Crippen molar-refractivity contribution in [1.82, 2.24) is 9.88 Å². The van der Waals surface area contributed by atoms with E-state index >= 15 is 0 Å². The van der Waals surface area contributed by atoms with Crippen molar-refractivity contribution >= 4 is 28.4 Å². The number of fused-ring (bicyclic) bond motifs is 1. The van der Waals surface area contributed by atoms with Crippen LogP contribution in [0.1, 0.15) is 29.9 Å². The van der Waals surface area contributed by atoms with Crippen LogP contribution in [0.2, 0.25) is 0 Å². The fraction of sp³-hybridized carbons (Fsp3) is 0.375. The average Bonchev–Trinajstić information content (AvgIpc) is 2.42. The Kier molecular flexibility index (Phi) is 4.61. The summed E-state index contributed by atoms with van der Waals surface area (Å²) in [6.07, 6.45) is 0. The van der Waals surface area contributed by atoms with Gasteiger partial charge in [-0.1, -0.05) is 18.2 Å². The predicted octanol–water partition coefficient (Wildman–Crippen LogP) is 3.63. The third kappa shape index (κ3) is 2.93. The summed E-state index contributed by atoms with van der Waals surface area (Å²) < 4.78 is 0. The zero-order valence-electron chi connectivity index (χ0n) is 12.1. The topological polar surface area (TPSA) is 33.2 Å². The SMILES string of the molecule is Cc1cc(C(=O)N(CCCl)C(C)C)c2ccccc2n1. The highest BCUT2D eigenvalue weighted by atomic mass is 35.5.